The van der Waals surface area contributed by atoms with Gasteiger partial charge in [-0.3, -0.25) is 4.79 Å². The lowest BCUT2D eigenvalue weighted by molar-refractivity contribution is -0.121. The maximum Gasteiger partial charge on any atom is 0.220 e. The molecule has 0 aliphatic rings. The van der Waals surface area contributed by atoms with Crippen LogP contribution in [-0.4, -0.2) is 24.0 Å². The molecular formula is C15H21N3OS. The van der Waals surface area contributed by atoms with Crippen LogP contribution in [0.3, 0.4) is 0 Å². The van der Waals surface area contributed by atoms with Crippen LogP contribution in [0.15, 0.2) is 24.3 Å². The molecule has 1 aromatic heterocycles. The molecule has 2 rings (SSSR count). The Bertz CT molecular complexity index is 520. The summed E-state index contributed by atoms with van der Waals surface area (Å²) in [5.74, 6) is 0.128. The number of unbranched alkanes of at least 4 members (excludes halogenated alkanes) is 1. The molecule has 0 radical (unpaired) electrons. The summed E-state index contributed by atoms with van der Waals surface area (Å²) in [5.41, 5.74) is 6.46. The Morgan fingerprint density at radius 1 is 1.25 bits per heavy atom. The summed E-state index contributed by atoms with van der Waals surface area (Å²) in [4.78, 5) is 16.2. The monoisotopic (exact) mass is 291 g/mol. The molecule has 0 unspecified atom stereocenters. The first-order chi connectivity index (χ1) is 9.79. The molecule has 4 nitrogen and oxygen atoms in total. The summed E-state index contributed by atoms with van der Waals surface area (Å²) in [6.45, 7) is 1.42. The van der Waals surface area contributed by atoms with Crippen molar-refractivity contribution in [1.82, 2.24) is 10.3 Å². The molecule has 0 saturated heterocycles. The minimum absolute atomic E-state index is 0.128. The van der Waals surface area contributed by atoms with Crippen LogP contribution in [-0.2, 0) is 11.2 Å². The van der Waals surface area contributed by atoms with E-state index in [4.69, 9.17) is 5.73 Å². The van der Waals surface area contributed by atoms with Crippen LogP contribution in [0.5, 0.6) is 0 Å². The third kappa shape index (κ3) is 4.58. The number of para-hydroxylation sites is 1. The number of aromatic nitrogens is 1. The quantitative estimate of drug-likeness (QED) is 0.734. The van der Waals surface area contributed by atoms with E-state index in [1.807, 2.05) is 18.2 Å². The number of rotatable bonds is 8. The van der Waals surface area contributed by atoms with Crippen molar-refractivity contribution in [2.24, 2.45) is 5.73 Å². The van der Waals surface area contributed by atoms with E-state index in [1.54, 1.807) is 11.3 Å². The molecule has 1 aromatic carbocycles. The van der Waals surface area contributed by atoms with Crippen LogP contribution in [0, 0.1) is 0 Å². The topological polar surface area (TPSA) is 68.0 Å². The average molecular weight is 291 g/mol. The molecule has 0 atom stereocenters. The Hall–Kier alpha value is -1.46. The molecule has 108 valence electrons. The minimum atomic E-state index is 0.128. The second kappa shape index (κ2) is 7.97. The van der Waals surface area contributed by atoms with Crippen LogP contribution >= 0.6 is 11.3 Å². The van der Waals surface area contributed by atoms with E-state index in [0.29, 0.717) is 13.0 Å². The number of nitrogens with one attached hydrogen (secondary N) is 1. The maximum atomic E-state index is 11.6. The van der Waals surface area contributed by atoms with Gasteiger partial charge in [-0.25, -0.2) is 4.98 Å². The van der Waals surface area contributed by atoms with Gasteiger partial charge in [0.05, 0.1) is 15.2 Å². The highest BCUT2D eigenvalue weighted by Crippen LogP contribution is 2.22. The Morgan fingerprint density at radius 2 is 2.10 bits per heavy atom. The smallest absolute Gasteiger partial charge is 0.220 e. The lowest BCUT2D eigenvalue weighted by Gasteiger charge is -2.03. The summed E-state index contributed by atoms with van der Waals surface area (Å²) in [6.07, 6.45) is 4.21. The zero-order chi connectivity index (χ0) is 14.2. The number of hydrogen-bond acceptors (Lipinski definition) is 4. The zero-order valence-electron chi connectivity index (χ0n) is 11.6. The molecule has 2 aromatic rings. The SMILES string of the molecule is NCCCCNC(=O)CCCc1nc2ccccc2s1. The standard InChI is InChI=1S/C15H21N3OS/c16-10-3-4-11-17-14(19)8-5-9-15-18-12-6-1-2-7-13(12)20-15/h1-2,6-7H,3-5,8-11,16H2,(H,17,19). The van der Waals surface area contributed by atoms with Gasteiger partial charge in [0.1, 0.15) is 0 Å². The van der Waals surface area contributed by atoms with E-state index in [2.05, 4.69) is 16.4 Å². The lowest BCUT2D eigenvalue weighted by Crippen LogP contribution is -2.24. The van der Waals surface area contributed by atoms with E-state index in [9.17, 15) is 4.79 Å². The second-order valence-electron chi connectivity index (χ2n) is 4.77. The third-order valence-corrected chi connectivity index (χ3v) is 4.18. The Morgan fingerprint density at radius 3 is 2.90 bits per heavy atom. The van der Waals surface area contributed by atoms with E-state index < -0.39 is 0 Å². The van der Waals surface area contributed by atoms with E-state index in [0.717, 1.165) is 42.8 Å². The number of nitrogens with two attached hydrogens (primary N) is 1. The van der Waals surface area contributed by atoms with Crippen molar-refractivity contribution < 1.29 is 4.79 Å². The summed E-state index contributed by atoms with van der Waals surface area (Å²) in [7, 11) is 0. The summed E-state index contributed by atoms with van der Waals surface area (Å²) in [6, 6.07) is 8.14. The minimum Gasteiger partial charge on any atom is -0.356 e. The fourth-order valence-corrected chi connectivity index (χ4v) is 3.02. The van der Waals surface area contributed by atoms with Crippen LogP contribution < -0.4 is 11.1 Å². The summed E-state index contributed by atoms with van der Waals surface area (Å²) in [5, 5.41) is 4.03. The van der Waals surface area contributed by atoms with Crippen molar-refractivity contribution in [2.45, 2.75) is 32.1 Å². The van der Waals surface area contributed by atoms with Gasteiger partial charge in [-0.05, 0) is 44.4 Å². The molecule has 0 aliphatic heterocycles. The van der Waals surface area contributed by atoms with Crippen LogP contribution in [0.2, 0.25) is 0 Å². The van der Waals surface area contributed by atoms with Gasteiger partial charge >= 0.3 is 0 Å². The molecule has 5 heteroatoms. The van der Waals surface area contributed by atoms with Crippen molar-refractivity contribution in [3.63, 3.8) is 0 Å². The molecular weight excluding hydrogens is 270 g/mol. The maximum absolute atomic E-state index is 11.6. The molecule has 0 aliphatic carbocycles. The second-order valence-corrected chi connectivity index (χ2v) is 5.89. The number of hydrogen-bond donors (Lipinski definition) is 2. The highest BCUT2D eigenvalue weighted by atomic mass is 32.1. The number of benzene rings is 1. The first-order valence-corrected chi connectivity index (χ1v) is 7.92. The molecule has 0 saturated carbocycles. The highest BCUT2D eigenvalue weighted by Gasteiger charge is 2.05. The zero-order valence-corrected chi connectivity index (χ0v) is 12.4. The summed E-state index contributed by atoms with van der Waals surface area (Å²) < 4.78 is 1.22. The van der Waals surface area contributed by atoms with Crippen molar-refractivity contribution in [2.75, 3.05) is 13.1 Å². The highest BCUT2D eigenvalue weighted by molar-refractivity contribution is 7.18. The molecule has 0 fully saturated rings. The van der Waals surface area contributed by atoms with Crippen LogP contribution in [0.1, 0.15) is 30.7 Å². The van der Waals surface area contributed by atoms with Crippen LogP contribution in [0.4, 0.5) is 0 Å². The van der Waals surface area contributed by atoms with Crippen molar-refractivity contribution >= 4 is 27.5 Å². The molecule has 1 amide bonds. The molecule has 0 bridgehead atoms. The first kappa shape index (κ1) is 14.9. The van der Waals surface area contributed by atoms with E-state index >= 15 is 0 Å². The molecule has 20 heavy (non-hydrogen) atoms. The van der Waals surface area contributed by atoms with Gasteiger partial charge in [0.15, 0.2) is 0 Å². The fourth-order valence-electron chi connectivity index (χ4n) is 2.01. The van der Waals surface area contributed by atoms with Gasteiger partial charge in [-0.15, -0.1) is 11.3 Å². The van der Waals surface area contributed by atoms with E-state index in [-0.39, 0.29) is 5.91 Å². The molecule has 0 spiro atoms. The predicted molar refractivity (Wildman–Crippen MR) is 83.9 cm³/mol. The van der Waals surface area contributed by atoms with Gasteiger partial charge < -0.3 is 11.1 Å². The number of aryl methyl sites for hydroxylation is 1. The van der Waals surface area contributed by atoms with Crippen molar-refractivity contribution in [1.29, 1.82) is 0 Å². The number of fused-ring (bicyclic) bond motifs is 1. The Kier molecular flexibility index (Phi) is 5.95. The molecule has 1 heterocycles. The number of nitrogens with zero attached hydrogens (tertiary/aromatic N) is 1. The van der Waals surface area contributed by atoms with Gasteiger partial charge in [-0.1, -0.05) is 12.1 Å². The third-order valence-electron chi connectivity index (χ3n) is 3.09. The summed E-state index contributed by atoms with van der Waals surface area (Å²) >= 11 is 1.72. The van der Waals surface area contributed by atoms with Crippen molar-refractivity contribution in [3.05, 3.63) is 29.3 Å². The first-order valence-electron chi connectivity index (χ1n) is 7.11. The van der Waals surface area contributed by atoms with Crippen LogP contribution in [0.25, 0.3) is 10.2 Å². The number of amides is 1. The predicted octanol–water partition coefficient (Wildman–Crippen LogP) is 2.47. The fraction of sp³-hybridized carbons (Fsp3) is 0.467. The largest absolute Gasteiger partial charge is 0.356 e. The normalized spacial score (nSPS) is 10.8. The average Bonchev–Trinajstić information content (AvgIpc) is 2.86. The van der Waals surface area contributed by atoms with Gasteiger partial charge in [0.25, 0.3) is 0 Å². The van der Waals surface area contributed by atoms with Crippen molar-refractivity contribution in [3.8, 4) is 0 Å². The number of carbonyl (C=O) groups excluding carboxylic acids is 1. The Labute approximate surface area is 123 Å². The molecule has 3 N–H and O–H groups in total. The van der Waals surface area contributed by atoms with Gasteiger partial charge in [0, 0.05) is 13.0 Å². The lowest BCUT2D eigenvalue weighted by atomic mass is 10.2. The van der Waals surface area contributed by atoms with E-state index in [1.165, 1.54) is 4.70 Å². The Balaban J connectivity index is 1.68. The van der Waals surface area contributed by atoms with Gasteiger partial charge in [0.2, 0.25) is 5.91 Å². The van der Waals surface area contributed by atoms with Gasteiger partial charge in [-0.2, -0.15) is 0 Å². The number of thiazole rings is 1. The number of carbonyl (C=O) groups is 1.